The number of nitrogens with one attached hydrogen (secondary N) is 1. The van der Waals surface area contributed by atoms with Crippen molar-refractivity contribution in [3.63, 3.8) is 0 Å². The van der Waals surface area contributed by atoms with E-state index in [1.165, 1.54) is 42.5 Å². The minimum Gasteiger partial charge on any atom is -0.347 e. The van der Waals surface area contributed by atoms with E-state index in [0.717, 1.165) is 42.6 Å². The molecule has 30 heavy (non-hydrogen) atoms. The molecular weight excluding hydrogens is 377 g/mol. The number of carbonyl (C=O) groups excluding carboxylic acids is 1. The van der Waals surface area contributed by atoms with Gasteiger partial charge in [-0.15, -0.1) is 0 Å². The zero-order chi connectivity index (χ0) is 20.9. The predicted octanol–water partition coefficient (Wildman–Crippen LogP) is 5.71. The molecule has 2 aliphatic carbocycles. The summed E-state index contributed by atoms with van der Waals surface area (Å²) in [7, 11) is 2.02. The van der Waals surface area contributed by atoms with Crippen molar-refractivity contribution < 1.29 is 9.18 Å². The van der Waals surface area contributed by atoms with Crippen molar-refractivity contribution >= 4 is 16.8 Å². The summed E-state index contributed by atoms with van der Waals surface area (Å²) in [5, 5.41) is 4.38. The molecule has 0 saturated heterocycles. The number of pyridine rings is 1. The van der Waals surface area contributed by atoms with Crippen LogP contribution < -0.4 is 5.32 Å². The maximum absolute atomic E-state index is 13.5. The summed E-state index contributed by atoms with van der Waals surface area (Å²) < 4.78 is 15.6. The van der Waals surface area contributed by atoms with Crippen molar-refractivity contribution in [2.24, 2.45) is 7.05 Å². The number of rotatable bonds is 4. The minimum absolute atomic E-state index is 0.0100. The SMILES string of the molecule is Cn1c(-c2ccc(F)cn2)c(C2CCCC2)c2ccc(C(=O)NC3(C)CCC3)cc21. The molecule has 2 fully saturated rings. The van der Waals surface area contributed by atoms with Crippen LogP contribution in [0.25, 0.3) is 22.3 Å². The van der Waals surface area contributed by atoms with E-state index < -0.39 is 0 Å². The lowest BCUT2D eigenvalue weighted by molar-refractivity contribution is 0.0850. The summed E-state index contributed by atoms with van der Waals surface area (Å²) in [5.74, 6) is 0.136. The van der Waals surface area contributed by atoms with Crippen LogP contribution in [0.5, 0.6) is 0 Å². The summed E-state index contributed by atoms with van der Waals surface area (Å²) in [6, 6.07) is 9.26. The summed E-state index contributed by atoms with van der Waals surface area (Å²) in [6.07, 6.45) is 9.32. The molecule has 2 heterocycles. The van der Waals surface area contributed by atoms with Crippen molar-refractivity contribution in [2.75, 3.05) is 0 Å². The van der Waals surface area contributed by atoms with E-state index in [2.05, 4.69) is 27.9 Å². The number of nitrogens with zero attached hydrogens (tertiary/aromatic N) is 2. The monoisotopic (exact) mass is 405 g/mol. The summed E-state index contributed by atoms with van der Waals surface area (Å²) >= 11 is 0. The third kappa shape index (κ3) is 3.21. The largest absolute Gasteiger partial charge is 0.347 e. The van der Waals surface area contributed by atoms with Gasteiger partial charge in [0.25, 0.3) is 5.91 Å². The first kappa shape index (κ1) is 19.3. The Kier molecular flexibility index (Phi) is 4.64. The highest BCUT2D eigenvalue weighted by Crippen LogP contribution is 2.44. The maximum atomic E-state index is 13.5. The molecular formula is C25H28FN3O. The molecule has 2 aliphatic rings. The highest BCUT2D eigenvalue weighted by molar-refractivity contribution is 6.01. The van der Waals surface area contributed by atoms with Crippen molar-refractivity contribution in [1.82, 2.24) is 14.9 Å². The summed E-state index contributed by atoms with van der Waals surface area (Å²) in [5.41, 5.74) is 4.77. The average Bonchev–Trinajstić information content (AvgIpc) is 3.34. The van der Waals surface area contributed by atoms with Gasteiger partial charge >= 0.3 is 0 Å². The predicted molar refractivity (Wildman–Crippen MR) is 117 cm³/mol. The number of aryl methyl sites for hydroxylation is 1. The fourth-order valence-electron chi connectivity index (χ4n) is 5.24. The topological polar surface area (TPSA) is 46.9 Å². The molecule has 0 bridgehead atoms. The Labute approximate surface area is 176 Å². The fraction of sp³-hybridized carbons (Fsp3) is 0.440. The van der Waals surface area contributed by atoms with Crippen molar-refractivity contribution in [1.29, 1.82) is 0 Å². The van der Waals surface area contributed by atoms with Crippen LogP contribution in [0.4, 0.5) is 4.39 Å². The first-order valence-electron chi connectivity index (χ1n) is 11.0. The fourth-order valence-corrected chi connectivity index (χ4v) is 5.24. The smallest absolute Gasteiger partial charge is 0.251 e. The van der Waals surface area contributed by atoms with Crippen LogP contribution >= 0.6 is 0 Å². The number of hydrogen-bond donors (Lipinski definition) is 1. The summed E-state index contributed by atoms with van der Waals surface area (Å²) in [6.45, 7) is 2.12. The van der Waals surface area contributed by atoms with Crippen LogP contribution in [-0.4, -0.2) is 21.0 Å². The van der Waals surface area contributed by atoms with E-state index in [1.54, 1.807) is 6.07 Å². The molecule has 0 aliphatic heterocycles. The second kappa shape index (κ2) is 7.22. The van der Waals surface area contributed by atoms with Crippen LogP contribution in [-0.2, 0) is 7.05 Å². The van der Waals surface area contributed by atoms with Gasteiger partial charge < -0.3 is 9.88 Å². The molecule has 0 radical (unpaired) electrons. The summed E-state index contributed by atoms with van der Waals surface area (Å²) in [4.78, 5) is 17.3. The second-order valence-corrected chi connectivity index (χ2v) is 9.26. The van der Waals surface area contributed by atoms with Gasteiger partial charge in [-0.25, -0.2) is 4.39 Å². The molecule has 156 valence electrons. The zero-order valence-corrected chi connectivity index (χ0v) is 17.7. The maximum Gasteiger partial charge on any atom is 0.251 e. The molecule has 0 unspecified atom stereocenters. The third-order valence-corrected chi connectivity index (χ3v) is 7.11. The number of benzene rings is 1. The van der Waals surface area contributed by atoms with E-state index >= 15 is 0 Å². The number of halogens is 1. The van der Waals surface area contributed by atoms with Gasteiger partial charge in [0.05, 0.1) is 17.6 Å². The number of amides is 1. The van der Waals surface area contributed by atoms with E-state index in [-0.39, 0.29) is 17.3 Å². The standard InChI is InChI=1S/C25H28FN3O/c1-25(12-5-13-25)28-24(30)17-8-10-19-21(14-17)29(2)23(20-11-9-18(26)15-27-20)22(19)16-6-3-4-7-16/h8-11,14-16H,3-7,12-13H2,1-2H3,(H,28,30). The van der Waals surface area contributed by atoms with E-state index in [1.807, 2.05) is 19.2 Å². The third-order valence-electron chi connectivity index (χ3n) is 7.11. The Balaban J connectivity index is 1.62. The number of carbonyl (C=O) groups is 1. The first-order valence-corrected chi connectivity index (χ1v) is 11.0. The molecule has 3 aromatic rings. The zero-order valence-electron chi connectivity index (χ0n) is 17.7. The van der Waals surface area contributed by atoms with E-state index in [0.29, 0.717) is 11.5 Å². The Hall–Kier alpha value is -2.69. The lowest BCUT2D eigenvalue weighted by Crippen LogP contribution is -2.50. The Morgan fingerprint density at radius 2 is 1.93 bits per heavy atom. The molecule has 1 N–H and O–H groups in total. The number of aromatic nitrogens is 2. The highest BCUT2D eigenvalue weighted by atomic mass is 19.1. The van der Waals surface area contributed by atoms with Gasteiger partial charge in [0.1, 0.15) is 5.82 Å². The molecule has 5 rings (SSSR count). The average molecular weight is 406 g/mol. The van der Waals surface area contributed by atoms with Crippen LogP contribution in [0, 0.1) is 5.82 Å². The van der Waals surface area contributed by atoms with Gasteiger partial charge in [0, 0.05) is 29.1 Å². The molecule has 5 heteroatoms. The molecule has 0 atom stereocenters. The minimum atomic E-state index is -0.330. The van der Waals surface area contributed by atoms with Crippen LogP contribution in [0.1, 0.15) is 73.7 Å². The van der Waals surface area contributed by atoms with Crippen LogP contribution in [0.3, 0.4) is 0 Å². The van der Waals surface area contributed by atoms with E-state index in [9.17, 15) is 9.18 Å². The van der Waals surface area contributed by atoms with Crippen molar-refractivity contribution in [3.05, 3.63) is 53.5 Å². The van der Waals surface area contributed by atoms with Crippen LogP contribution in [0.2, 0.25) is 0 Å². The molecule has 2 aromatic heterocycles. The van der Waals surface area contributed by atoms with Crippen molar-refractivity contribution in [3.8, 4) is 11.4 Å². The van der Waals surface area contributed by atoms with Gasteiger partial charge in [0.2, 0.25) is 0 Å². The van der Waals surface area contributed by atoms with E-state index in [4.69, 9.17) is 0 Å². The highest BCUT2D eigenvalue weighted by Gasteiger charge is 2.33. The van der Waals surface area contributed by atoms with Gasteiger partial charge in [-0.1, -0.05) is 18.9 Å². The normalized spacial score (nSPS) is 18.5. The quantitative estimate of drug-likeness (QED) is 0.604. The Morgan fingerprint density at radius 3 is 2.57 bits per heavy atom. The number of hydrogen-bond acceptors (Lipinski definition) is 2. The van der Waals surface area contributed by atoms with Gasteiger partial charge in [-0.05, 0) is 74.8 Å². The molecule has 4 nitrogen and oxygen atoms in total. The lowest BCUT2D eigenvalue weighted by Gasteiger charge is -2.39. The molecule has 1 aromatic carbocycles. The van der Waals surface area contributed by atoms with Crippen molar-refractivity contribution in [2.45, 2.75) is 63.3 Å². The Bertz CT molecular complexity index is 1110. The molecule has 0 spiro atoms. The molecule has 1 amide bonds. The van der Waals surface area contributed by atoms with Gasteiger partial charge in [0.15, 0.2) is 0 Å². The van der Waals surface area contributed by atoms with Gasteiger partial charge in [-0.2, -0.15) is 0 Å². The van der Waals surface area contributed by atoms with Gasteiger partial charge in [-0.3, -0.25) is 9.78 Å². The molecule has 2 saturated carbocycles. The second-order valence-electron chi connectivity index (χ2n) is 9.26. The lowest BCUT2D eigenvalue weighted by atomic mass is 9.78. The first-order chi connectivity index (χ1) is 14.5. The number of fused-ring (bicyclic) bond motifs is 1. The Morgan fingerprint density at radius 1 is 1.17 bits per heavy atom. The van der Waals surface area contributed by atoms with Crippen LogP contribution in [0.15, 0.2) is 36.5 Å².